The fourth-order valence-corrected chi connectivity index (χ4v) is 5.27. The maximum Gasteiger partial charge on any atom is 0.161 e. The van der Waals surface area contributed by atoms with Crippen molar-refractivity contribution in [1.29, 1.82) is 0 Å². The predicted molar refractivity (Wildman–Crippen MR) is 165 cm³/mol. The molecule has 0 bridgehead atoms. The smallest absolute Gasteiger partial charge is 0.161 e. The van der Waals surface area contributed by atoms with Crippen molar-refractivity contribution in [1.82, 2.24) is 35.4 Å². The number of nitrogens with one attached hydrogen (secondary N) is 3. The lowest BCUT2D eigenvalue weighted by atomic mass is 10.1. The number of likely N-dealkylation sites (N-methyl/N-ethyl adjacent to an activating group) is 1. The summed E-state index contributed by atoms with van der Waals surface area (Å²) in [6.07, 6.45) is 6.79. The standard InChI is InChI=1S/C32H34FN9/c1-21-26(9-10-36-32(21)42-13-11-41(3)12-14-42)38-22(2)30-28-27(39-40-30)20-37-31(29(28)33)25-15-24(18-35-19-25)17-34-16-23-7-5-4-6-8-23/h4-10,15,18-20,34H,2,11-14,16-17H2,1,3H3,(H,36,38)(H,39,40). The van der Waals surface area contributed by atoms with Gasteiger partial charge in [0, 0.05) is 74.7 Å². The maximum atomic E-state index is 16.1. The highest BCUT2D eigenvalue weighted by molar-refractivity contribution is 5.95. The number of hydrogen-bond donors (Lipinski definition) is 3. The fourth-order valence-electron chi connectivity index (χ4n) is 5.27. The highest BCUT2D eigenvalue weighted by Crippen LogP contribution is 2.32. The van der Waals surface area contributed by atoms with Crippen LogP contribution in [0.25, 0.3) is 27.9 Å². The molecule has 10 heteroatoms. The third kappa shape index (κ3) is 5.72. The molecule has 9 nitrogen and oxygen atoms in total. The second-order valence-corrected chi connectivity index (χ2v) is 10.7. The SMILES string of the molecule is C=C(Nc1ccnc(N2CCN(C)CC2)c1C)c1n[nH]c2cnc(-c3cncc(CNCc4ccccc4)c3)c(F)c12. The average molecular weight is 564 g/mol. The van der Waals surface area contributed by atoms with Gasteiger partial charge >= 0.3 is 0 Å². The number of hydrogen-bond acceptors (Lipinski definition) is 8. The van der Waals surface area contributed by atoms with Gasteiger partial charge in [0.15, 0.2) is 5.82 Å². The normalized spacial score (nSPS) is 13.9. The second-order valence-electron chi connectivity index (χ2n) is 10.7. The first-order valence-electron chi connectivity index (χ1n) is 14.0. The maximum absolute atomic E-state index is 16.1. The van der Waals surface area contributed by atoms with Gasteiger partial charge in [-0.3, -0.25) is 15.1 Å². The first kappa shape index (κ1) is 27.5. The van der Waals surface area contributed by atoms with E-state index < -0.39 is 5.82 Å². The van der Waals surface area contributed by atoms with E-state index in [0.29, 0.717) is 34.4 Å². The number of halogens is 1. The van der Waals surface area contributed by atoms with Crippen LogP contribution in [-0.2, 0) is 13.1 Å². The van der Waals surface area contributed by atoms with Crippen LogP contribution < -0.4 is 15.5 Å². The van der Waals surface area contributed by atoms with Crippen LogP contribution >= 0.6 is 0 Å². The van der Waals surface area contributed by atoms with E-state index >= 15 is 4.39 Å². The molecule has 6 rings (SSSR count). The minimum absolute atomic E-state index is 0.216. The Morgan fingerprint density at radius 2 is 1.79 bits per heavy atom. The Hall–Kier alpha value is -4.67. The lowest BCUT2D eigenvalue weighted by Crippen LogP contribution is -2.45. The zero-order chi connectivity index (χ0) is 29.1. The van der Waals surface area contributed by atoms with Crippen molar-refractivity contribution in [2.24, 2.45) is 0 Å². The van der Waals surface area contributed by atoms with Crippen molar-refractivity contribution in [3.05, 3.63) is 102 Å². The zero-order valence-corrected chi connectivity index (χ0v) is 23.9. The van der Waals surface area contributed by atoms with Crippen molar-refractivity contribution >= 4 is 28.1 Å². The van der Waals surface area contributed by atoms with Gasteiger partial charge in [-0.2, -0.15) is 5.10 Å². The number of pyridine rings is 3. The molecule has 0 amide bonds. The number of rotatable bonds is 9. The molecular weight excluding hydrogens is 529 g/mol. The van der Waals surface area contributed by atoms with E-state index in [1.807, 2.05) is 37.3 Å². The van der Waals surface area contributed by atoms with Crippen molar-refractivity contribution in [2.45, 2.75) is 20.0 Å². The molecule has 1 aliphatic rings. The summed E-state index contributed by atoms with van der Waals surface area (Å²) >= 11 is 0. The number of H-pyrrole nitrogens is 1. The molecule has 5 heterocycles. The van der Waals surface area contributed by atoms with Crippen LogP contribution in [0.2, 0.25) is 0 Å². The molecule has 3 N–H and O–H groups in total. The van der Waals surface area contributed by atoms with Crippen LogP contribution in [0.4, 0.5) is 15.9 Å². The lowest BCUT2D eigenvalue weighted by molar-refractivity contribution is 0.312. The van der Waals surface area contributed by atoms with Crippen molar-refractivity contribution in [3.63, 3.8) is 0 Å². The van der Waals surface area contributed by atoms with Crippen molar-refractivity contribution < 1.29 is 4.39 Å². The number of fused-ring (bicyclic) bond motifs is 1. The number of piperazine rings is 1. The molecule has 5 aromatic rings. The molecule has 0 spiro atoms. The Morgan fingerprint density at radius 3 is 2.60 bits per heavy atom. The Morgan fingerprint density at radius 1 is 1.00 bits per heavy atom. The predicted octanol–water partition coefficient (Wildman–Crippen LogP) is 4.99. The summed E-state index contributed by atoms with van der Waals surface area (Å²) in [6, 6.07) is 14.0. The van der Waals surface area contributed by atoms with E-state index in [9.17, 15) is 0 Å². The van der Waals surface area contributed by atoms with E-state index in [2.05, 4.69) is 71.3 Å². The van der Waals surface area contributed by atoms with E-state index in [1.165, 1.54) is 5.56 Å². The van der Waals surface area contributed by atoms with Crippen LogP contribution in [0, 0.1) is 12.7 Å². The van der Waals surface area contributed by atoms with E-state index in [4.69, 9.17) is 0 Å². The summed E-state index contributed by atoms with van der Waals surface area (Å²) in [7, 11) is 2.13. The summed E-state index contributed by atoms with van der Waals surface area (Å²) in [5, 5.41) is 14.4. The summed E-state index contributed by atoms with van der Waals surface area (Å²) < 4.78 is 16.1. The first-order chi connectivity index (χ1) is 20.5. The quantitative estimate of drug-likeness (QED) is 0.231. The van der Waals surface area contributed by atoms with Crippen molar-refractivity contribution in [2.75, 3.05) is 43.4 Å². The Bertz CT molecular complexity index is 1710. The fraction of sp³-hybridized carbons (Fsp3) is 0.250. The molecule has 1 aromatic carbocycles. The summed E-state index contributed by atoms with van der Waals surface area (Å²) in [6.45, 7) is 11.4. The van der Waals surface area contributed by atoms with Gasteiger partial charge in [0.25, 0.3) is 0 Å². The highest BCUT2D eigenvalue weighted by atomic mass is 19.1. The molecule has 4 aromatic heterocycles. The molecule has 1 fully saturated rings. The van der Waals surface area contributed by atoms with Gasteiger partial charge in [0.2, 0.25) is 0 Å². The Balaban J connectivity index is 1.22. The molecule has 0 saturated carbocycles. The lowest BCUT2D eigenvalue weighted by Gasteiger charge is -2.34. The second kappa shape index (κ2) is 12.1. The number of aromatic nitrogens is 5. The summed E-state index contributed by atoms with van der Waals surface area (Å²) in [5.74, 6) is 0.469. The van der Waals surface area contributed by atoms with Gasteiger partial charge in [0.1, 0.15) is 17.2 Å². The topological polar surface area (TPSA) is 97.9 Å². The zero-order valence-electron chi connectivity index (χ0n) is 23.9. The van der Waals surface area contributed by atoms with E-state index in [0.717, 1.165) is 55.4 Å². The van der Waals surface area contributed by atoms with Crippen LogP contribution in [0.1, 0.15) is 22.4 Å². The van der Waals surface area contributed by atoms with Gasteiger partial charge < -0.3 is 20.4 Å². The number of benzene rings is 1. The molecule has 1 saturated heterocycles. The largest absolute Gasteiger partial charge is 0.354 e. The van der Waals surface area contributed by atoms with Crippen LogP contribution in [0.5, 0.6) is 0 Å². The van der Waals surface area contributed by atoms with Gasteiger partial charge in [-0.15, -0.1) is 0 Å². The Kier molecular flexibility index (Phi) is 7.89. The minimum Gasteiger partial charge on any atom is -0.354 e. The Labute approximate surface area is 244 Å². The van der Waals surface area contributed by atoms with Gasteiger partial charge in [0.05, 0.1) is 22.8 Å². The van der Waals surface area contributed by atoms with Gasteiger partial charge in [-0.25, -0.2) is 9.37 Å². The molecule has 0 unspecified atom stereocenters. The minimum atomic E-state index is -0.472. The molecule has 0 aliphatic carbocycles. The number of nitrogens with zero attached hydrogens (tertiary/aromatic N) is 6. The molecule has 214 valence electrons. The summed E-state index contributed by atoms with van der Waals surface area (Å²) in [4.78, 5) is 18.0. The number of anilines is 2. The van der Waals surface area contributed by atoms with Crippen LogP contribution in [0.15, 0.2) is 73.8 Å². The highest BCUT2D eigenvalue weighted by Gasteiger charge is 2.21. The van der Waals surface area contributed by atoms with Crippen LogP contribution in [-0.4, -0.2) is 63.3 Å². The molecule has 42 heavy (non-hydrogen) atoms. The number of aromatic amines is 1. The average Bonchev–Trinajstić information content (AvgIpc) is 3.45. The summed E-state index contributed by atoms with van der Waals surface area (Å²) in [5.41, 5.74) is 6.18. The third-order valence-electron chi connectivity index (χ3n) is 7.67. The van der Waals surface area contributed by atoms with E-state index in [1.54, 1.807) is 24.8 Å². The monoisotopic (exact) mass is 563 g/mol. The molecule has 0 radical (unpaired) electrons. The van der Waals surface area contributed by atoms with Gasteiger partial charge in [-0.1, -0.05) is 36.9 Å². The van der Waals surface area contributed by atoms with E-state index in [-0.39, 0.29) is 5.69 Å². The van der Waals surface area contributed by atoms with Gasteiger partial charge in [-0.05, 0) is 37.2 Å². The molecule has 0 atom stereocenters. The first-order valence-corrected chi connectivity index (χ1v) is 14.0. The van der Waals surface area contributed by atoms with Crippen LogP contribution in [0.3, 0.4) is 0 Å². The third-order valence-corrected chi connectivity index (χ3v) is 7.67. The molecule has 1 aliphatic heterocycles. The van der Waals surface area contributed by atoms with Crippen molar-refractivity contribution in [3.8, 4) is 11.3 Å². The molecular formula is C32H34FN9.